The number of hydrogen-bond acceptors (Lipinski definition) is 3. The second-order valence-electron chi connectivity index (χ2n) is 11.3. The third-order valence-corrected chi connectivity index (χ3v) is 8.49. The van der Waals surface area contributed by atoms with Gasteiger partial charge in [0.2, 0.25) is 0 Å². The van der Waals surface area contributed by atoms with Crippen molar-refractivity contribution in [3.05, 3.63) is 139 Å². The van der Waals surface area contributed by atoms with Crippen LogP contribution in [0.2, 0.25) is 0 Å². The van der Waals surface area contributed by atoms with Gasteiger partial charge in [-0.25, -0.2) is 15.0 Å². The fourth-order valence-corrected chi connectivity index (χ4v) is 6.39. The molecule has 0 atom stereocenters. The molecule has 3 nitrogen and oxygen atoms in total. The van der Waals surface area contributed by atoms with Crippen molar-refractivity contribution in [1.82, 2.24) is 15.0 Å². The zero-order chi connectivity index (χ0) is 27.6. The first-order chi connectivity index (χ1) is 20.1. The minimum Gasteiger partial charge on any atom is -0.246 e. The van der Waals surface area contributed by atoms with Gasteiger partial charge in [-0.1, -0.05) is 123 Å². The van der Waals surface area contributed by atoms with Crippen molar-refractivity contribution in [2.24, 2.45) is 0 Å². The maximum Gasteiger partial charge on any atom is 0.161 e. The van der Waals surface area contributed by atoms with Gasteiger partial charge in [0.1, 0.15) is 5.69 Å². The highest BCUT2D eigenvalue weighted by molar-refractivity contribution is 5.97. The van der Waals surface area contributed by atoms with Crippen LogP contribution in [0.15, 0.2) is 127 Å². The Labute approximate surface area is 239 Å². The van der Waals surface area contributed by atoms with Crippen LogP contribution in [-0.2, 0) is 5.41 Å². The zero-order valence-corrected chi connectivity index (χ0v) is 23.0. The lowest BCUT2D eigenvalue weighted by Gasteiger charge is -2.21. The molecule has 1 aliphatic rings. The average molecular weight is 526 g/mol. The summed E-state index contributed by atoms with van der Waals surface area (Å²) in [5, 5.41) is 2.10. The average Bonchev–Trinajstić information content (AvgIpc) is 3.27. The van der Waals surface area contributed by atoms with Crippen LogP contribution in [0.1, 0.15) is 25.0 Å². The molecule has 0 fully saturated rings. The summed E-state index contributed by atoms with van der Waals surface area (Å²) in [5.41, 5.74) is 12.0. The number of para-hydroxylation sites is 1. The first-order valence-electron chi connectivity index (χ1n) is 14.0. The van der Waals surface area contributed by atoms with E-state index in [0.717, 1.165) is 50.1 Å². The molecule has 0 saturated heterocycles. The van der Waals surface area contributed by atoms with Crippen molar-refractivity contribution in [2.75, 3.05) is 0 Å². The molecule has 0 N–H and O–H groups in total. The fourth-order valence-electron chi connectivity index (χ4n) is 6.39. The Kier molecular flexibility index (Phi) is 5.17. The van der Waals surface area contributed by atoms with Gasteiger partial charge in [-0.2, -0.15) is 0 Å². The van der Waals surface area contributed by atoms with Gasteiger partial charge in [0.15, 0.2) is 5.82 Å². The molecule has 8 rings (SSSR count). The highest BCUT2D eigenvalue weighted by atomic mass is 14.9. The summed E-state index contributed by atoms with van der Waals surface area (Å²) in [7, 11) is 0. The molecular formula is C38H27N3. The highest BCUT2D eigenvalue weighted by Crippen LogP contribution is 2.51. The van der Waals surface area contributed by atoms with Gasteiger partial charge in [-0.05, 0) is 51.6 Å². The van der Waals surface area contributed by atoms with Crippen LogP contribution in [-0.4, -0.2) is 15.0 Å². The summed E-state index contributed by atoms with van der Waals surface area (Å²) in [6, 6.07) is 44.6. The van der Waals surface area contributed by atoms with Crippen LogP contribution in [0.25, 0.3) is 66.8 Å². The first kappa shape index (κ1) is 23.7. The Morgan fingerprint density at radius 1 is 0.512 bits per heavy atom. The first-order valence-corrected chi connectivity index (χ1v) is 14.0. The maximum absolute atomic E-state index is 5.25. The van der Waals surface area contributed by atoms with Gasteiger partial charge >= 0.3 is 0 Å². The topological polar surface area (TPSA) is 38.7 Å². The number of benzene rings is 5. The van der Waals surface area contributed by atoms with Crippen LogP contribution < -0.4 is 0 Å². The molecule has 41 heavy (non-hydrogen) atoms. The third kappa shape index (κ3) is 3.70. The van der Waals surface area contributed by atoms with E-state index in [2.05, 4.69) is 123 Å². The van der Waals surface area contributed by atoms with E-state index in [0.29, 0.717) is 0 Å². The van der Waals surface area contributed by atoms with Gasteiger partial charge in [0.05, 0.1) is 16.7 Å². The van der Waals surface area contributed by atoms with E-state index in [9.17, 15) is 0 Å². The van der Waals surface area contributed by atoms with Crippen molar-refractivity contribution in [1.29, 1.82) is 0 Å². The smallest absolute Gasteiger partial charge is 0.161 e. The lowest BCUT2D eigenvalue weighted by Crippen LogP contribution is -2.14. The SMILES string of the molecule is CC1(C)c2ccccc2-c2c(-c3nc(-c4ccc5ccc(-c6ccccc6)cc5n4)c4ccccc4n3)cccc21. The second-order valence-corrected chi connectivity index (χ2v) is 11.3. The van der Waals surface area contributed by atoms with Crippen molar-refractivity contribution in [3.8, 4) is 45.0 Å². The molecular weight excluding hydrogens is 498 g/mol. The molecule has 1 aliphatic carbocycles. The molecule has 0 bridgehead atoms. The molecule has 2 heterocycles. The Balaban J connectivity index is 1.35. The molecule has 194 valence electrons. The normalized spacial score (nSPS) is 13.3. The fraction of sp³-hybridized carbons (Fsp3) is 0.0789. The quantitative estimate of drug-likeness (QED) is 0.231. The Bertz CT molecular complexity index is 2130. The lowest BCUT2D eigenvalue weighted by molar-refractivity contribution is 0.660. The number of nitrogens with zero attached hydrogens (tertiary/aromatic N) is 3. The van der Waals surface area contributed by atoms with Crippen LogP contribution in [0.3, 0.4) is 0 Å². The molecule has 0 spiro atoms. The Morgan fingerprint density at radius 3 is 2.15 bits per heavy atom. The predicted octanol–water partition coefficient (Wildman–Crippen LogP) is 9.49. The predicted molar refractivity (Wildman–Crippen MR) is 169 cm³/mol. The van der Waals surface area contributed by atoms with Gasteiger partial charge in [-0.15, -0.1) is 0 Å². The van der Waals surface area contributed by atoms with E-state index in [1.807, 2.05) is 18.2 Å². The third-order valence-electron chi connectivity index (χ3n) is 8.49. The van der Waals surface area contributed by atoms with Gasteiger partial charge in [-0.3, -0.25) is 0 Å². The van der Waals surface area contributed by atoms with E-state index in [1.54, 1.807) is 0 Å². The van der Waals surface area contributed by atoms with Crippen molar-refractivity contribution in [2.45, 2.75) is 19.3 Å². The van der Waals surface area contributed by atoms with Crippen LogP contribution in [0.5, 0.6) is 0 Å². The molecule has 0 aliphatic heterocycles. The van der Waals surface area contributed by atoms with E-state index in [-0.39, 0.29) is 5.41 Å². The minimum absolute atomic E-state index is 0.0853. The number of rotatable bonds is 3. The monoisotopic (exact) mass is 525 g/mol. The van der Waals surface area contributed by atoms with Crippen molar-refractivity contribution < 1.29 is 0 Å². The molecule has 7 aromatic rings. The largest absolute Gasteiger partial charge is 0.246 e. The van der Waals surface area contributed by atoms with Crippen molar-refractivity contribution >= 4 is 21.8 Å². The molecule has 0 unspecified atom stereocenters. The number of pyridine rings is 1. The van der Waals surface area contributed by atoms with E-state index >= 15 is 0 Å². The Hall–Kier alpha value is -5.15. The summed E-state index contributed by atoms with van der Waals surface area (Å²) < 4.78 is 0. The zero-order valence-electron chi connectivity index (χ0n) is 23.0. The van der Waals surface area contributed by atoms with Crippen LogP contribution in [0.4, 0.5) is 0 Å². The molecule has 0 amide bonds. The molecule has 0 radical (unpaired) electrons. The summed E-state index contributed by atoms with van der Waals surface area (Å²) in [4.78, 5) is 15.5. The summed E-state index contributed by atoms with van der Waals surface area (Å²) in [6.07, 6.45) is 0. The molecule has 2 aromatic heterocycles. The number of aromatic nitrogens is 3. The van der Waals surface area contributed by atoms with Crippen LogP contribution in [0, 0.1) is 0 Å². The van der Waals surface area contributed by atoms with Gasteiger partial charge < -0.3 is 0 Å². The number of fused-ring (bicyclic) bond motifs is 5. The number of hydrogen-bond donors (Lipinski definition) is 0. The minimum atomic E-state index is -0.0853. The van der Waals surface area contributed by atoms with E-state index in [1.165, 1.54) is 27.8 Å². The van der Waals surface area contributed by atoms with Crippen LogP contribution >= 0.6 is 0 Å². The summed E-state index contributed by atoms with van der Waals surface area (Å²) in [5.74, 6) is 0.725. The van der Waals surface area contributed by atoms with Gasteiger partial charge in [0, 0.05) is 21.8 Å². The standard InChI is InChI=1S/C38H27N3/c1-38(2)30-16-8-6-13-27(30)35-29(15-10-17-31(35)38)37-40-32-18-9-7-14-28(32)36(41-37)33-22-21-25-19-20-26(23-34(25)39-33)24-11-4-3-5-12-24/h3-23H,1-2H3. The van der Waals surface area contributed by atoms with E-state index in [4.69, 9.17) is 15.0 Å². The molecule has 5 aromatic carbocycles. The lowest BCUT2D eigenvalue weighted by atomic mass is 9.82. The summed E-state index contributed by atoms with van der Waals surface area (Å²) in [6.45, 7) is 4.60. The maximum atomic E-state index is 5.25. The Morgan fingerprint density at radius 2 is 1.24 bits per heavy atom. The highest BCUT2D eigenvalue weighted by Gasteiger charge is 2.37. The second kappa shape index (κ2) is 8.94. The summed E-state index contributed by atoms with van der Waals surface area (Å²) >= 11 is 0. The molecule has 3 heteroatoms. The molecule has 0 saturated carbocycles. The van der Waals surface area contributed by atoms with Gasteiger partial charge in [0.25, 0.3) is 0 Å². The van der Waals surface area contributed by atoms with E-state index < -0.39 is 0 Å². The van der Waals surface area contributed by atoms with Crippen molar-refractivity contribution in [3.63, 3.8) is 0 Å².